The van der Waals surface area contributed by atoms with Gasteiger partial charge in [0.25, 0.3) is 0 Å². The SMILES string of the molecule is COC(=O)[C@H](Cc1ccc(OCCN(c2ccccc2)C2CCCCC2)cc1)Nc1ccccc1C(=O)c1ccccc1. The van der Waals surface area contributed by atoms with Crippen LogP contribution in [0.1, 0.15) is 53.6 Å². The van der Waals surface area contributed by atoms with Crippen molar-refractivity contribution in [3.63, 3.8) is 0 Å². The zero-order valence-corrected chi connectivity index (χ0v) is 24.8. The quantitative estimate of drug-likeness (QED) is 0.133. The van der Waals surface area contributed by atoms with Crippen LogP contribution in [0.3, 0.4) is 0 Å². The van der Waals surface area contributed by atoms with E-state index in [2.05, 4.69) is 40.5 Å². The van der Waals surface area contributed by atoms with Crippen LogP contribution in [-0.4, -0.2) is 44.1 Å². The fourth-order valence-corrected chi connectivity index (χ4v) is 5.83. The summed E-state index contributed by atoms with van der Waals surface area (Å²) < 4.78 is 11.3. The molecule has 4 aromatic carbocycles. The van der Waals surface area contributed by atoms with E-state index in [4.69, 9.17) is 9.47 Å². The summed E-state index contributed by atoms with van der Waals surface area (Å²) in [5, 5.41) is 3.27. The van der Waals surface area contributed by atoms with E-state index in [1.165, 1.54) is 44.9 Å². The molecule has 0 aromatic heterocycles. The molecule has 0 unspecified atom stereocenters. The number of ketones is 1. The Kier molecular flexibility index (Phi) is 10.5. The minimum absolute atomic E-state index is 0.108. The molecule has 0 radical (unpaired) electrons. The number of ether oxygens (including phenoxy) is 2. The van der Waals surface area contributed by atoms with E-state index in [0.29, 0.717) is 35.9 Å². The molecule has 1 aliphatic rings. The molecule has 1 saturated carbocycles. The van der Waals surface area contributed by atoms with Crippen LogP contribution in [0.4, 0.5) is 11.4 Å². The van der Waals surface area contributed by atoms with Crippen LogP contribution in [0, 0.1) is 0 Å². The van der Waals surface area contributed by atoms with Gasteiger partial charge in [0.15, 0.2) is 5.78 Å². The van der Waals surface area contributed by atoms with Crippen LogP contribution in [0.25, 0.3) is 0 Å². The van der Waals surface area contributed by atoms with Gasteiger partial charge in [-0.05, 0) is 54.8 Å². The Morgan fingerprint density at radius 2 is 1.47 bits per heavy atom. The fraction of sp³-hybridized carbons (Fsp3) is 0.297. The molecule has 0 saturated heterocycles. The minimum Gasteiger partial charge on any atom is -0.492 e. The van der Waals surface area contributed by atoms with Crippen molar-refractivity contribution >= 4 is 23.1 Å². The molecule has 1 N–H and O–H groups in total. The van der Waals surface area contributed by atoms with Gasteiger partial charge in [0.05, 0.1) is 13.7 Å². The smallest absolute Gasteiger partial charge is 0.328 e. The average Bonchev–Trinajstić information content (AvgIpc) is 3.08. The number of carbonyl (C=O) groups is 2. The normalized spacial score (nSPS) is 14.0. The second kappa shape index (κ2) is 15.1. The van der Waals surface area contributed by atoms with Crippen LogP contribution < -0.4 is 15.0 Å². The van der Waals surface area contributed by atoms with E-state index in [0.717, 1.165) is 17.9 Å². The lowest BCUT2D eigenvalue weighted by molar-refractivity contribution is -0.141. The molecule has 0 bridgehead atoms. The maximum Gasteiger partial charge on any atom is 0.328 e. The van der Waals surface area contributed by atoms with Crippen molar-refractivity contribution in [1.29, 1.82) is 0 Å². The third kappa shape index (κ3) is 8.04. The maximum absolute atomic E-state index is 13.2. The summed E-state index contributed by atoms with van der Waals surface area (Å²) in [6, 6.07) is 34.7. The topological polar surface area (TPSA) is 67.9 Å². The van der Waals surface area contributed by atoms with Gasteiger partial charge >= 0.3 is 5.97 Å². The van der Waals surface area contributed by atoms with Gasteiger partial charge in [0, 0.05) is 35.0 Å². The van der Waals surface area contributed by atoms with Gasteiger partial charge < -0.3 is 19.7 Å². The fourth-order valence-electron chi connectivity index (χ4n) is 5.83. The van der Waals surface area contributed by atoms with Crippen LogP contribution in [0.5, 0.6) is 5.75 Å². The maximum atomic E-state index is 13.2. The number of para-hydroxylation sites is 2. The van der Waals surface area contributed by atoms with Gasteiger partial charge in [-0.3, -0.25) is 4.79 Å². The molecule has 6 nitrogen and oxygen atoms in total. The molecule has 5 rings (SSSR count). The van der Waals surface area contributed by atoms with E-state index >= 15 is 0 Å². The number of hydrogen-bond donors (Lipinski definition) is 1. The average molecular weight is 577 g/mol. The molecular weight excluding hydrogens is 536 g/mol. The van der Waals surface area contributed by atoms with Crippen LogP contribution in [0.15, 0.2) is 109 Å². The number of anilines is 2. The summed E-state index contributed by atoms with van der Waals surface area (Å²) in [5.41, 5.74) is 3.89. The highest BCUT2D eigenvalue weighted by Crippen LogP contribution is 2.27. The summed E-state index contributed by atoms with van der Waals surface area (Å²) in [5.74, 6) is 0.288. The number of methoxy groups -OCH3 is 1. The monoisotopic (exact) mass is 576 g/mol. The molecule has 43 heavy (non-hydrogen) atoms. The number of rotatable bonds is 13. The van der Waals surface area contributed by atoms with Crippen molar-refractivity contribution in [2.75, 3.05) is 30.5 Å². The van der Waals surface area contributed by atoms with Crippen molar-refractivity contribution in [2.45, 2.75) is 50.6 Å². The van der Waals surface area contributed by atoms with Crippen molar-refractivity contribution in [1.82, 2.24) is 0 Å². The Morgan fingerprint density at radius 1 is 0.814 bits per heavy atom. The highest BCUT2D eigenvalue weighted by atomic mass is 16.5. The molecular formula is C37H40N2O4. The second-order valence-corrected chi connectivity index (χ2v) is 11.0. The molecule has 1 aliphatic carbocycles. The number of carbonyl (C=O) groups excluding carboxylic acids is 2. The molecule has 0 aliphatic heterocycles. The number of nitrogens with zero attached hydrogens (tertiary/aromatic N) is 1. The summed E-state index contributed by atoms with van der Waals surface area (Å²) >= 11 is 0. The van der Waals surface area contributed by atoms with Crippen LogP contribution >= 0.6 is 0 Å². The largest absolute Gasteiger partial charge is 0.492 e. The van der Waals surface area contributed by atoms with Gasteiger partial charge in [-0.2, -0.15) is 0 Å². The lowest BCUT2D eigenvalue weighted by atomic mass is 9.94. The van der Waals surface area contributed by atoms with Crippen molar-refractivity contribution in [3.8, 4) is 5.75 Å². The molecule has 222 valence electrons. The van der Waals surface area contributed by atoms with Gasteiger partial charge in [0.1, 0.15) is 18.4 Å². The zero-order valence-electron chi connectivity index (χ0n) is 24.8. The zero-order chi connectivity index (χ0) is 29.9. The summed E-state index contributed by atoms with van der Waals surface area (Å²) in [6.07, 6.45) is 6.74. The van der Waals surface area contributed by atoms with Gasteiger partial charge in [0.2, 0.25) is 0 Å². The summed E-state index contributed by atoms with van der Waals surface area (Å²) in [6.45, 7) is 1.41. The molecule has 0 heterocycles. The highest BCUT2D eigenvalue weighted by molar-refractivity contribution is 6.12. The highest BCUT2D eigenvalue weighted by Gasteiger charge is 2.23. The molecule has 1 fully saturated rings. The minimum atomic E-state index is -0.670. The van der Waals surface area contributed by atoms with Gasteiger partial charge in [-0.15, -0.1) is 0 Å². The van der Waals surface area contributed by atoms with Gasteiger partial charge in [-0.1, -0.05) is 92.1 Å². The lowest BCUT2D eigenvalue weighted by Crippen LogP contribution is -2.39. The third-order valence-electron chi connectivity index (χ3n) is 8.09. The van der Waals surface area contributed by atoms with E-state index in [1.54, 1.807) is 18.2 Å². The predicted octanol–water partition coefficient (Wildman–Crippen LogP) is 7.33. The Hall–Kier alpha value is -4.58. The molecule has 0 spiro atoms. The predicted molar refractivity (Wildman–Crippen MR) is 172 cm³/mol. The Morgan fingerprint density at radius 3 is 2.16 bits per heavy atom. The molecule has 1 atom stereocenters. The van der Waals surface area contributed by atoms with Crippen LogP contribution in [-0.2, 0) is 16.0 Å². The summed E-state index contributed by atoms with van der Waals surface area (Å²) in [4.78, 5) is 28.5. The third-order valence-corrected chi connectivity index (χ3v) is 8.09. The van der Waals surface area contributed by atoms with E-state index in [9.17, 15) is 9.59 Å². The standard InChI is InChI=1S/C37H40N2O4/c1-42-37(41)35(38-34-20-12-11-19-33(34)36(40)29-13-5-2-6-14-29)27-28-21-23-32(24-22-28)43-26-25-39(30-15-7-3-8-16-30)31-17-9-4-10-18-31/h2-3,5-8,11-16,19-24,31,35,38H,4,9-10,17-18,25-27H2,1H3/t35-/m0/s1. The first-order valence-electron chi connectivity index (χ1n) is 15.2. The molecule has 6 heteroatoms. The van der Waals surface area contributed by atoms with Crippen molar-refractivity contribution in [3.05, 3.63) is 126 Å². The van der Waals surface area contributed by atoms with Crippen molar-refractivity contribution in [2.24, 2.45) is 0 Å². The molecule has 0 amide bonds. The first kappa shape index (κ1) is 29.9. The number of esters is 1. The van der Waals surface area contributed by atoms with Gasteiger partial charge in [-0.25, -0.2) is 4.79 Å². The Balaban J connectivity index is 1.22. The number of nitrogens with one attached hydrogen (secondary N) is 1. The first-order chi connectivity index (χ1) is 21.1. The number of hydrogen-bond acceptors (Lipinski definition) is 6. The van der Waals surface area contributed by atoms with Crippen LogP contribution in [0.2, 0.25) is 0 Å². The van der Waals surface area contributed by atoms with E-state index in [-0.39, 0.29) is 5.78 Å². The van der Waals surface area contributed by atoms with Crippen molar-refractivity contribution < 1.29 is 19.1 Å². The molecule has 4 aromatic rings. The first-order valence-corrected chi connectivity index (χ1v) is 15.2. The Labute approximate surface area is 254 Å². The lowest BCUT2D eigenvalue weighted by Gasteiger charge is -2.36. The van der Waals surface area contributed by atoms with E-state index < -0.39 is 12.0 Å². The Bertz CT molecular complexity index is 1450. The summed E-state index contributed by atoms with van der Waals surface area (Å²) in [7, 11) is 1.38. The second-order valence-electron chi connectivity index (χ2n) is 11.0. The number of benzene rings is 4. The van der Waals surface area contributed by atoms with E-state index in [1.807, 2.05) is 60.7 Å².